The zero-order valence-corrected chi connectivity index (χ0v) is 18.0. The van der Waals surface area contributed by atoms with Gasteiger partial charge >= 0.3 is 0 Å². The summed E-state index contributed by atoms with van der Waals surface area (Å²) in [6, 6.07) is 13.9. The first-order valence-corrected chi connectivity index (χ1v) is 10.6. The number of halogens is 1. The van der Waals surface area contributed by atoms with E-state index in [4.69, 9.17) is 16.3 Å². The summed E-state index contributed by atoms with van der Waals surface area (Å²) in [4.78, 5) is 35.3. The Morgan fingerprint density at radius 2 is 2.03 bits per heavy atom. The summed E-state index contributed by atoms with van der Waals surface area (Å²) in [7, 11) is 0. The van der Waals surface area contributed by atoms with E-state index in [1.165, 1.54) is 4.68 Å². The van der Waals surface area contributed by atoms with Crippen LogP contribution in [0.5, 0.6) is 5.75 Å². The van der Waals surface area contributed by atoms with Crippen molar-refractivity contribution in [3.63, 3.8) is 0 Å². The van der Waals surface area contributed by atoms with Crippen LogP contribution in [-0.4, -0.2) is 32.0 Å². The average Bonchev–Trinajstić information content (AvgIpc) is 3.32. The third-order valence-electron chi connectivity index (χ3n) is 4.21. The minimum absolute atomic E-state index is 0.00301. The van der Waals surface area contributed by atoms with E-state index in [1.54, 1.807) is 60.8 Å². The van der Waals surface area contributed by atoms with E-state index in [-0.39, 0.29) is 24.3 Å². The van der Waals surface area contributed by atoms with Crippen LogP contribution in [0, 0.1) is 0 Å². The molecular weight excluding hydrogens is 454 g/mol. The van der Waals surface area contributed by atoms with Crippen LogP contribution in [0.3, 0.4) is 0 Å². The largest absolute Gasteiger partial charge is 0.487 e. The van der Waals surface area contributed by atoms with Crippen molar-refractivity contribution in [1.29, 1.82) is 0 Å². The zero-order valence-electron chi connectivity index (χ0n) is 16.4. The van der Waals surface area contributed by atoms with Gasteiger partial charge in [0, 0.05) is 10.7 Å². The predicted octanol–water partition coefficient (Wildman–Crippen LogP) is 3.47. The highest BCUT2D eigenvalue weighted by atomic mass is 35.5. The fraction of sp³-hybridized carbons (Fsp3) is 0.0952. The molecule has 1 aromatic heterocycles. The molecule has 0 radical (unpaired) electrons. The van der Waals surface area contributed by atoms with Crippen molar-refractivity contribution < 1.29 is 19.1 Å². The molecular formula is C21H16ClN5O4S. The third kappa shape index (κ3) is 5.74. The second kappa shape index (κ2) is 9.67. The Labute approximate surface area is 191 Å². The molecule has 32 heavy (non-hydrogen) atoms. The van der Waals surface area contributed by atoms with Crippen molar-refractivity contribution in [3.8, 4) is 5.75 Å². The van der Waals surface area contributed by atoms with E-state index in [0.29, 0.717) is 27.1 Å². The van der Waals surface area contributed by atoms with Gasteiger partial charge in [-0.2, -0.15) is 0 Å². The van der Waals surface area contributed by atoms with Gasteiger partial charge in [0.1, 0.15) is 24.6 Å². The van der Waals surface area contributed by atoms with Crippen LogP contribution in [0.1, 0.15) is 11.3 Å². The van der Waals surface area contributed by atoms with E-state index in [0.717, 1.165) is 17.3 Å². The third-order valence-corrected chi connectivity index (χ3v) is 5.25. The minimum Gasteiger partial charge on any atom is -0.487 e. The molecule has 2 aromatic carbocycles. The predicted molar refractivity (Wildman–Crippen MR) is 120 cm³/mol. The first kappa shape index (κ1) is 21.6. The van der Waals surface area contributed by atoms with Gasteiger partial charge in [-0.1, -0.05) is 35.0 Å². The number of aromatic nitrogens is 3. The number of benzene rings is 2. The number of carbonyl (C=O) groups excluding carboxylic acids is 3. The number of amides is 3. The summed E-state index contributed by atoms with van der Waals surface area (Å²) in [6.45, 7) is 0.167. The highest BCUT2D eigenvalue weighted by molar-refractivity contribution is 8.18. The first-order valence-electron chi connectivity index (χ1n) is 9.37. The van der Waals surface area contributed by atoms with Gasteiger partial charge in [0.05, 0.1) is 11.1 Å². The number of nitrogens with one attached hydrogen (secondary N) is 2. The summed E-state index contributed by atoms with van der Waals surface area (Å²) in [5, 5.41) is 13.0. The molecule has 3 aromatic rings. The van der Waals surface area contributed by atoms with Gasteiger partial charge in [-0.3, -0.25) is 19.7 Å². The molecule has 1 fully saturated rings. The van der Waals surface area contributed by atoms with Gasteiger partial charge in [0.15, 0.2) is 0 Å². The molecule has 4 rings (SSSR count). The molecule has 2 heterocycles. The van der Waals surface area contributed by atoms with E-state index in [1.807, 2.05) is 0 Å². The Hall–Kier alpha value is -3.63. The lowest BCUT2D eigenvalue weighted by molar-refractivity contribution is -0.117. The molecule has 3 amide bonds. The lowest BCUT2D eigenvalue weighted by Crippen LogP contribution is -2.19. The smallest absolute Gasteiger partial charge is 0.290 e. The first-order chi connectivity index (χ1) is 15.4. The van der Waals surface area contributed by atoms with Crippen molar-refractivity contribution in [2.24, 2.45) is 0 Å². The number of rotatable bonds is 7. The Kier molecular flexibility index (Phi) is 6.52. The Balaban J connectivity index is 1.28. The molecule has 9 nitrogen and oxygen atoms in total. The molecule has 1 aliphatic rings. The zero-order chi connectivity index (χ0) is 22.5. The van der Waals surface area contributed by atoms with Crippen LogP contribution in [0.15, 0.2) is 59.6 Å². The van der Waals surface area contributed by atoms with Crippen LogP contribution >= 0.6 is 23.4 Å². The molecule has 1 saturated heterocycles. The van der Waals surface area contributed by atoms with Gasteiger partial charge in [-0.15, -0.1) is 5.10 Å². The molecule has 0 bridgehead atoms. The van der Waals surface area contributed by atoms with Crippen LogP contribution < -0.4 is 15.4 Å². The highest BCUT2D eigenvalue weighted by Crippen LogP contribution is 2.26. The summed E-state index contributed by atoms with van der Waals surface area (Å²) < 4.78 is 7.11. The SMILES string of the molecule is O=C(Cn1cc(COc2ccc(C=C3SC(=O)NC3=O)cc2)nn1)Nc1cccc(Cl)c1. The molecule has 0 aliphatic carbocycles. The molecule has 0 spiro atoms. The maximum Gasteiger partial charge on any atom is 0.290 e. The lowest BCUT2D eigenvalue weighted by atomic mass is 10.2. The number of carbonyl (C=O) groups is 3. The normalized spacial score (nSPS) is 14.5. The molecule has 0 unspecified atom stereocenters. The molecule has 0 atom stereocenters. The molecule has 2 N–H and O–H groups in total. The highest BCUT2D eigenvalue weighted by Gasteiger charge is 2.24. The second-order valence-electron chi connectivity index (χ2n) is 6.68. The topological polar surface area (TPSA) is 115 Å². The van der Waals surface area contributed by atoms with Crippen LogP contribution in [0.4, 0.5) is 10.5 Å². The van der Waals surface area contributed by atoms with E-state index in [9.17, 15) is 14.4 Å². The molecule has 0 saturated carbocycles. The Morgan fingerprint density at radius 1 is 1.22 bits per heavy atom. The van der Waals surface area contributed by atoms with Crippen LogP contribution in [0.25, 0.3) is 6.08 Å². The monoisotopic (exact) mass is 469 g/mol. The van der Waals surface area contributed by atoms with Gasteiger partial charge in [0.25, 0.3) is 11.1 Å². The van der Waals surface area contributed by atoms with E-state index in [2.05, 4.69) is 20.9 Å². The Bertz CT molecular complexity index is 1210. The van der Waals surface area contributed by atoms with Gasteiger partial charge in [-0.05, 0) is 53.7 Å². The van der Waals surface area contributed by atoms with E-state index < -0.39 is 5.91 Å². The summed E-state index contributed by atoms with van der Waals surface area (Å²) in [5.41, 5.74) is 1.93. The van der Waals surface area contributed by atoms with Crippen molar-refractivity contribution in [2.75, 3.05) is 5.32 Å². The van der Waals surface area contributed by atoms with Gasteiger partial charge in [-0.25, -0.2) is 4.68 Å². The molecule has 1 aliphatic heterocycles. The molecule has 162 valence electrons. The van der Waals surface area contributed by atoms with Crippen molar-refractivity contribution >= 4 is 52.2 Å². The standard InChI is InChI=1S/C21H16ClN5O4S/c22-14-2-1-3-15(9-14)23-19(28)11-27-10-16(25-26-27)12-31-17-6-4-13(5-7-17)8-18-20(29)24-21(30)32-18/h1-10H,11-12H2,(H,23,28)(H,24,29,30). The van der Waals surface area contributed by atoms with Crippen molar-refractivity contribution in [2.45, 2.75) is 13.2 Å². The minimum atomic E-state index is -0.398. The summed E-state index contributed by atoms with van der Waals surface area (Å²) >= 11 is 6.78. The fourth-order valence-electron chi connectivity index (χ4n) is 2.79. The van der Waals surface area contributed by atoms with Crippen LogP contribution in [-0.2, 0) is 22.7 Å². The van der Waals surface area contributed by atoms with Crippen molar-refractivity contribution in [1.82, 2.24) is 20.3 Å². The van der Waals surface area contributed by atoms with Gasteiger partial charge in [0.2, 0.25) is 5.91 Å². The number of hydrogen-bond donors (Lipinski definition) is 2. The second-order valence-corrected chi connectivity index (χ2v) is 8.13. The number of imide groups is 1. The summed E-state index contributed by atoms with van der Waals surface area (Å²) in [6.07, 6.45) is 3.26. The average molecular weight is 470 g/mol. The maximum absolute atomic E-state index is 12.2. The van der Waals surface area contributed by atoms with Crippen LogP contribution in [0.2, 0.25) is 5.02 Å². The fourth-order valence-corrected chi connectivity index (χ4v) is 3.66. The number of ether oxygens (including phenoxy) is 1. The number of nitrogens with zero attached hydrogens (tertiary/aromatic N) is 3. The quantitative estimate of drug-likeness (QED) is 0.509. The van der Waals surface area contributed by atoms with E-state index >= 15 is 0 Å². The van der Waals surface area contributed by atoms with Gasteiger partial charge < -0.3 is 10.1 Å². The summed E-state index contributed by atoms with van der Waals surface area (Å²) in [5.74, 6) is -0.0604. The number of anilines is 1. The van der Waals surface area contributed by atoms with Crippen molar-refractivity contribution in [3.05, 3.63) is 75.9 Å². The maximum atomic E-state index is 12.2. The lowest BCUT2D eigenvalue weighted by Gasteiger charge is -2.05. The number of hydrogen-bond acceptors (Lipinski definition) is 7. The molecule has 11 heteroatoms. The number of thioether (sulfide) groups is 1. The Morgan fingerprint density at radius 3 is 2.75 bits per heavy atom.